The van der Waals surface area contributed by atoms with Gasteiger partial charge in [-0.25, -0.2) is 9.97 Å². The van der Waals surface area contributed by atoms with E-state index in [0.29, 0.717) is 28.1 Å². The standard InChI is InChI=1S/C21H23N3O4/c1-12-13(2)24-17-9-15(5-7-16(17)23-12)21(26)22-11-18(25)14-6-8-19(27-3)20(10-14)28-4/h5-10,18,25H,11H2,1-4H3,(H,22,26). The van der Waals surface area contributed by atoms with Crippen LogP contribution >= 0.6 is 0 Å². The molecular formula is C21H23N3O4. The molecule has 7 nitrogen and oxygen atoms in total. The van der Waals surface area contributed by atoms with Crippen LogP contribution in [0.4, 0.5) is 0 Å². The van der Waals surface area contributed by atoms with Gasteiger partial charge in [-0.1, -0.05) is 6.07 Å². The van der Waals surface area contributed by atoms with E-state index >= 15 is 0 Å². The van der Waals surface area contributed by atoms with Crippen molar-refractivity contribution in [3.8, 4) is 11.5 Å². The van der Waals surface area contributed by atoms with Crippen LogP contribution in [0.3, 0.4) is 0 Å². The number of fused-ring (bicyclic) bond motifs is 1. The predicted octanol–water partition coefficient (Wildman–Crippen LogP) is 2.73. The SMILES string of the molecule is COc1ccc(C(O)CNC(=O)c2ccc3nc(C)c(C)nc3c2)cc1OC. The summed E-state index contributed by atoms with van der Waals surface area (Å²) in [5, 5.41) is 13.1. The maximum absolute atomic E-state index is 12.5. The summed E-state index contributed by atoms with van der Waals surface area (Å²) in [4.78, 5) is 21.4. The first-order valence-corrected chi connectivity index (χ1v) is 8.86. The van der Waals surface area contributed by atoms with Crippen LogP contribution < -0.4 is 14.8 Å². The Morgan fingerprint density at radius 3 is 2.36 bits per heavy atom. The summed E-state index contributed by atoms with van der Waals surface area (Å²) in [5.41, 5.74) is 4.18. The second-order valence-corrected chi connectivity index (χ2v) is 6.44. The first-order valence-electron chi connectivity index (χ1n) is 8.86. The van der Waals surface area contributed by atoms with E-state index in [2.05, 4.69) is 15.3 Å². The molecule has 146 valence electrons. The van der Waals surface area contributed by atoms with E-state index in [1.54, 1.807) is 43.5 Å². The molecule has 0 saturated heterocycles. The second kappa shape index (κ2) is 8.22. The average Bonchev–Trinajstić information content (AvgIpc) is 2.71. The van der Waals surface area contributed by atoms with Crippen LogP contribution in [-0.4, -0.2) is 41.7 Å². The van der Waals surface area contributed by atoms with Gasteiger partial charge in [-0.05, 0) is 49.7 Å². The molecule has 0 fully saturated rings. The normalized spacial score (nSPS) is 11.9. The largest absolute Gasteiger partial charge is 0.493 e. The number of benzene rings is 2. The van der Waals surface area contributed by atoms with Crippen molar-refractivity contribution in [3.05, 3.63) is 58.9 Å². The minimum Gasteiger partial charge on any atom is -0.493 e. The summed E-state index contributed by atoms with van der Waals surface area (Å²) >= 11 is 0. The molecule has 0 bridgehead atoms. The highest BCUT2D eigenvalue weighted by atomic mass is 16.5. The Bertz CT molecular complexity index is 1020. The molecule has 0 spiro atoms. The molecule has 2 N–H and O–H groups in total. The van der Waals surface area contributed by atoms with Crippen LogP contribution in [-0.2, 0) is 0 Å². The van der Waals surface area contributed by atoms with E-state index in [9.17, 15) is 9.90 Å². The molecule has 2 aromatic carbocycles. The maximum Gasteiger partial charge on any atom is 0.251 e. The van der Waals surface area contributed by atoms with Crippen molar-refractivity contribution in [2.24, 2.45) is 0 Å². The summed E-state index contributed by atoms with van der Waals surface area (Å²) in [6, 6.07) is 10.3. The smallest absolute Gasteiger partial charge is 0.251 e. The summed E-state index contributed by atoms with van der Waals surface area (Å²) in [6.07, 6.45) is -0.881. The maximum atomic E-state index is 12.5. The minimum absolute atomic E-state index is 0.0605. The van der Waals surface area contributed by atoms with Crippen LogP contribution in [0.1, 0.15) is 33.4 Å². The minimum atomic E-state index is -0.881. The molecule has 0 aliphatic heterocycles. The fraction of sp³-hybridized carbons (Fsp3) is 0.286. The Morgan fingerprint density at radius 1 is 1.00 bits per heavy atom. The Balaban J connectivity index is 1.71. The second-order valence-electron chi connectivity index (χ2n) is 6.44. The van der Waals surface area contributed by atoms with Gasteiger partial charge in [0.15, 0.2) is 11.5 Å². The third kappa shape index (κ3) is 4.04. The summed E-state index contributed by atoms with van der Waals surface area (Å²) in [7, 11) is 3.08. The summed E-state index contributed by atoms with van der Waals surface area (Å²) in [5.74, 6) is 0.802. The molecule has 1 heterocycles. The van der Waals surface area contributed by atoms with E-state index in [1.807, 2.05) is 13.8 Å². The number of carbonyl (C=O) groups is 1. The molecular weight excluding hydrogens is 358 g/mol. The van der Waals surface area contributed by atoms with Gasteiger partial charge in [-0.2, -0.15) is 0 Å². The lowest BCUT2D eigenvalue weighted by atomic mass is 10.1. The highest BCUT2D eigenvalue weighted by Gasteiger charge is 2.14. The number of hydrogen-bond acceptors (Lipinski definition) is 6. The molecule has 7 heteroatoms. The molecule has 3 aromatic rings. The fourth-order valence-electron chi connectivity index (χ4n) is 2.84. The Hall–Kier alpha value is -3.19. The number of carbonyl (C=O) groups excluding carboxylic acids is 1. The van der Waals surface area contributed by atoms with Gasteiger partial charge in [0.25, 0.3) is 5.91 Å². The van der Waals surface area contributed by atoms with Crippen molar-refractivity contribution in [1.82, 2.24) is 15.3 Å². The lowest BCUT2D eigenvalue weighted by Crippen LogP contribution is -2.28. The fourth-order valence-corrected chi connectivity index (χ4v) is 2.84. The number of hydrogen-bond donors (Lipinski definition) is 2. The number of aliphatic hydroxyl groups excluding tert-OH is 1. The Morgan fingerprint density at radius 2 is 1.68 bits per heavy atom. The number of rotatable bonds is 6. The number of nitrogens with one attached hydrogen (secondary N) is 1. The van der Waals surface area contributed by atoms with Crippen LogP contribution in [0, 0.1) is 13.8 Å². The van der Waals surface area contributed by atoms with Gasteiger partial charge >= 0.3 is 0 Å². The lowest BCUT2D eigenvalue weighted by Gasteiger charge is -2.15. The number of aryl methyl sites for hydroxylation is 2. The molecule has 3 rings (SSSR count). The van der Waals surface area contributed by atoms with Crippen LogP contribution in [0.5, 0.6) is 11.5 Å². The predicted molar refractivity (Wildman–Crippen MR) is 106 cm³/mol. The zero-order valence-electron chi connectivity index (χ0n) is 16.3. The molecule has 0 aliphatic rings. The van der Waals surface area contributed by atoms with Gasteiger partial charge in [0.05, 0.1) is 42.7 Å². The topological polar surface area (TPSA) is 93.6 Å². The Labute approximate surface area is 163 Å². The van der Waals surface area contributed by atoms with Gasteiger partial charge in [0.1, 0.15) is 0 Å². The molecule has 1 amide bonds. The Kier molecular flexibility index (Phi) is 5.75. The van der Waals surface area contributed by atoms with E-state index in [-0.39, 0.29) is 12.5 Å². The van der Waals surface area contributed by atoms with E-state index in [0.717, 1.165) is 16.9 Å². The first kappa shape index (κ1) is 19.6. The van der Waals surface area contributed by atoms with E-state index in [1.165, 1.54) is 7.11 Å². The summed E-state index contributed by atoms with van der Waals surface area (Å²) < 4.78 is 10.4. The first-order chi connectivity index (χ1) is 13.4. The van der Waals surface area contributed by atoms with Gasteiger partial charge in [-0.3, -0.25) is 4.79 Å². The van der Waals surface area contributed by atoms with Crippen LogP contribution in [0.15, 0.2) is 36.4 Å². The van der Waals surface area contributed by atoms with Crippen molar-refractivity contribution in [3.63, 3.8) is 0 Å². The number of aromatic nitrogens is 2. The van der Waals surface area contributed by atoms with E-state index < -0.39 is 6.10 Å². The number of aliphatic hydroxyl groups is 1. The summed E-state index contributed by atoms with van der Waals surface area (Å²) in [6.45, 7) is 3.84. The van der Waals surface area contributed by atoms with Crippen molar-refractivity contribution in [1.29, 1.82) is 0 Å². The number of amides is 1. The van der Waals surface area contributed by atoms with Crippen molar-refractivity contribution >= 4 is 16.9 Å². The molecule has 28 heavy (non-hydrogen) atoms. The average molecular weight is 381 g/mol. The molecule has 0 radical (unpaired) electrons. The number of methoxy groups -OCH3 is 2. The third-order valence-corrected chi connectivity index (χ3v) is 4.59. The zero-order valence-corrected chi connectivity index (χ0v) is 16.3. The van der Waals surface area contributed by atoms with Crippen molar-refractivity contribution in [2.75, 3.05) is 20.8 Å². The van der Waals surface area contributed by atoms with Crippen molar-refractivity contribution < 1.29 is 19.4 Å². The van der Waals surface area contributed by atoms with Crippen LogP contribution in [0.2, 0.25) is 0 Å². The quantitative estimate of drug-likeness (QED) is 0.682. The van der Waals surface area contributed by atoms with Gasteiger partial charge in [-0.15, -0.1) is 0 Å². The van der Waals surface area contributed by atoms with Gasteiger partial charge in [0, 0.05) is 12.1 Å². The van der Waals surface area contributed by atoms with Crippen LogP contribution in [0.25, 0.3) is 11.0 Å². The van der Waals surface area contributed by atoms with Gasteiger partial charge < -0.3 is 19.9 Å². The monoisotopic (exact) mass is 381 g/mol. The molecule has 1 aromatic heterocycles. The molecule has 1 atom stereocenters. The highest BCUT2D eigenvalue weighted by molar-refractivity contribution is 5.97. The molecule has 0 aliphatic carbocycles. The van der Waals surface area contributed by atoms with E-state index in [4.69, 9.17) is 9.47 Å². The third-order valence-electron chi connectivity index (χ3n) is 4.59. The number of ether oxygens (including phenoxy) is 2. The number of nitrogens with zero attached hydrogens (tertiary/aromatic N) is 2. The molecule has 1 unspecified atom stereocenters. The lowest BCUT2D eigenvalue weighted by molar-refractivity contribution is 0.0916. The van der Waals surface area contributed by atoms with Crippen molar-refractivity contribution in [2.45, 2.75) is 20.0 Å². The molecule has 0 saturated carbocycles. The zero-order chi connectivity index (χ0) is 20.3. The van der Waals surface area contributed by atoms with Gasteiger partial charge in [0.2, 0.25) is 0 Å². The highest BCUT2D eigenvalue weighted by Crippen LogP contribution is 2.29.